The van der Waals surface area contributed by atoms with Crippen molar-refractivity contribution in [1.82, 2.24) is 24.1 Å². The summed E-state index contributed by atoms with van der Waals surface area (Å²) in [5.74, 6) is 0.110. The molecular formula is C23H25N5OS. The van der Waals surface area contributed by atoms with Crippen molar-refractivity contribution >= 4 is 22.2 Å². The Morgan fingerprint density at radius 1 is 1.23 bits per heavy atom. The summed E-state index contributed by atoms with van der Waals surface area (Å²) in [7, 11) is 0. The third-order valence-electron chi connectivity index (χ3n) is 5.91. The number of fused-ring (bicyclic) bond motifs is 1. The van der Waals surface area contributed by atoms with Crippen molar-refractivity contribution in [2.45, 2.75) is 45.2 Å². The van der Waals surface area contributed by atoms with E-state index in [1.54, 1.807) is 6.20 Å². The molecule has 0 N–H and O–H groups in total. The van der Waals surface area contributed by atoms with E-state index >= 15 is 0 Å². The molecule has 5 rings (SSSR count). The Morgan fingerprint density at radius 2 is 2.10 bits per heavy atom. The van der Waals surface area contributed by atoms with Gasteiger partial charge in [-0.05, 0) is 38.7 Å². The van der Waals surface area contributed by atoms with E-state index in [4.69, 9.17) is 4.98 Å². The highest BCUT2D eigenvalue weighted by molar-refractivity contribution is 7.15. The van der Waals surface area contributed by atoms with Gasteiger partial charge in [0.15, 0.2) is 4.96 Å². The third-order valence-corrected chi connectivity index (χ3v) is 6.75. The molecule has 0 radical (unpaired) electrons. The van der Waals surface area contributed by atoms with Gasteiger partial charge in [-0.15, -0.1) is 11.3 Å². The summed E-state index contributed by atoms with van der Waals surface area (Å²) in [4.78, 5) is 21.2. The van der Waals surface area contributed by atoms with Crippen LogP contribution < -0.4 is 0 Å². The van der Waals surface area contributed by atoms with Crippen LogP contribution in [0.2, 0.25) is 0 Å². The Hall–Kier alpha value is -2.93. The first-order valence-corrected chi connectivity index (χ1v) is 11.4. The molecule has 0 aliphatic carbocycles. The number of carbonyl (C=O) groups is 1. The number of carbonyl (C=O) groups excluding carboxylic acids is 1. The van der Waals surface area contributed by atoms with Crippen molar-refractivity contribution < 1.29 is 4.79 Å². The molecule has 1 aliphatic rings. The number of imidazole rings is 1. The standard InChI is InChI=1S/C23H25N5OS/c1-17-6-8-18(9-7-17)20-15-28-21(16-30-23(28)25-20)22(29)27-13-3-2-5-19(27)10-14-26-12-4-11-24-26/h4,6-9,11-12,15-16,19H,2-3,5,10,13-14H2,1H3/t19-/m1/s1. The molecule has 1 saturated heterocycles. The summed E-state index contributed by atoms with van der Waals surface area (Å²) in [6.45, 7) is 3.73. The van der Waals surface area contributed by atoms with Crippen molar-refractivity contribution in [3.63, 3.8) is 0 Å². The number of aromatic nitrogens is 4. The highest BCUT2D eigenvalue weighted by Crippen LogP contribution is 2.27. The normalized spacial score (nSPS) is 17.0. The second-order valence-corrected chi connectivity index (χ2v) is 8.81. The van der Waals surface area contributed by atoms with Crippen LogP contribution in [0.5, 0.6) is 0 Å². The van der Waals surface area contributed by atoms with Gasteiger partial charge in [-0.25, -0.2) is 4.98 Å². The van der Waals surface area contributed by atoms with Crippen LogP contribution in [0, 0.1) is 6.92 Å². The number of thiazole rings is 1. The minimum absolute atomic E-state index is 0.110. The molecule has 0 unspecified atom stereocenters. The highest BCUT2D eigenvalue weighted by atomic mass is 32.1. The van der Waals surface area contributed by atoms with Crippen LogP contribution >= 0.6 is 11.3 Å². The second kappa shape index (κ2) is 8.07. The van der Waals surface area contributed by atoms with Gasteiger partial charge in [0.1, 0.15) is 5.69 Å². The molecule has 7 heteroatoms. The summed E-state index contributed by atoms with van der Waals surface area (Å²) in [6.07, 6.45) is 10.0. The van der Waals surface area contributed by atoms with E-state index in [1.165, 1.54) is 23.3 Å². The number of likely N-dealkylation sites (tertiary alicyclic amines) is 1. The lowest BCUT2D eigenvalue weighted by atomic mass is 9.99. The minimum atomic E-state index is 0.110. The summed E-state index contributed by atoms with van der Waals surface area (Å²) in [5.41, 5.74) is 3.92. The molecule has 1 fully saturated rings. The molecule has 4 aromatic rings. The van der Waals surface area contributed by atoms with E-state index in [2.05, 4.69) is 41.2 Å². The van der Waals surface area contributed by atoms with E-state index < -0.39 is 0 Å². The molecule has 6 nitrogen and oxygen atoms in total. The molecule has 0 spiro atoms. The maximum absolute atomic E-state index is 13.5. The molecule has 1 aliphatic heterocycles. The number of piperidine rings is 1. The SMILES string of the molecule is Cc1ccc(-c2cn3c(C(=O)N4CCCC[C@@H]4CCn4cccn4)csc3n2)cc1. The van der Waals surface area contributed by atoms with Crippen LogP contribution in [0.4, 0.5) is 0 Å². The van der Waals surface area contributed by atoms with E-state index in [-0.39, 0.29) is 11.9 Å². The summed E-state index contributed by atoms with van der Waals surface area (Å²) in [5, 5.41) is 6.25. The average molecular weight is 420 g/mol. The zero-order valence-corrected chi connectivity index (χ0v) is 17.9. The maximum atomic E-state index is 13.5. The average Bonchev–Trinajstić information content (AvgIpc) is 3.50. The van der Waals surface area contributed by atoms with Crippen LogP contribution in [-0.2, 0) is 6.54 Å². The van der Waals surface area contributed by atoms with E-state index in [1.807, 2.05) is 32.9 Å². The van der Waals surface area contributed by atoms with E-state index in [0.29, 0.717) is 5.69 Å². The zero-order chi connectivity index (χ0) is 20.5. The second-order valence-electron chi connectivity index (χ2n) is 7.97. The van der Waals surface area contributed by atoms with Gasteiger partial charge in [-0.3, -0.25) is 13.9 Å². The quantitative estimate of drug-likeness (QED) is 0.473. The molecule has 30 heavy (non-hydrogen) atoms. The van der Waals surface area contributed by atoms with Crippen molar-refractivity contribution in [2.75, 3.05) is 6.54 Å². The van der Waals surface area contributed by atoms with Crippen LogP contribution in [0.15, 0.2) is 54.3 Å². The van der Waals surface area contributed by atoms with Gasteiger partial charge in [0.25, 0.3) is 5.91 Å². The smallest absolute Gasteiger partial charge is 0.271 e. The van der Waals surface area contributed by atoms with Crippen LogP contribution in [-0.4, -0.2) is 42.6 Å². The molecule has 1 atom stereocenters. The predicted molar refractivity (Wildman–Crippen MR) is 119 cm³/mol. The van der Waals surface area contributed by atoms with Crippen molar-refractivity contribution in [3.05, 3.63) is 65.6 Å². The Balaban J connectivity index is 1.39. The maximum Gasteiger partial charge on any atom is 0.271 e. The molecule has 0 bridgehead atoms. The van der Waals surface area contributed by atoms with Crippen LogP contribution in [0.1, 0.15) is 41.7 Å². The first-order valence-electron chi connectivity index (χ1n) is 10.5. The van der Waals surface area contributed by atoms with Crippen molar-refractivity contribution in [1.29, 1.82) is 0 Å². The number of hydrogen-bond donors (Lipinski definition) is 0. The lowest BCUT2D eigenvalue weighted by Crippen LogP contribution is -2.44. The van der Waals surface area contributed by atoms with Gasteiger partial charge >= 0.3 is 0 Å². The first kappa shape index (κ1) is 19.1. The van der Waals surface area contributed by atoms with Gasteiger partial charge in [-0.1, -0.05) is 29.8 Å². The fourth-order valence-electron chi connectivity index (χ4n) is 4.23. The molecular weight excluding hydrogens is 394 g/mol. The van der Waals surface area contributed by atoms with E-state index in [9.17, 15) is 4.79 Å². The van der Waals surface area contributed by atoms with Gasteiger partial charge in [0.05, 0.1) is 5.69 Å². The van der Waals surface area contributed by atoms with Gasteiger partial charge in [0.2, 0.25) is 0 Å². The molecule has 3 aromatic heterocycles. The number of benzene rings is 1. The highest BCUT2D eigenvalue weighted by Gasteiger charge is 2.29. The number of rotatable bonds is 5. The topological polar surface area (TPSA) is 55.4 Å². The number of aryl methyl sites for hydroxylation is 2. The third kappa shape index (κ3) is 3.65. The lowest BCUT2D eigenvalue weighted by Gasteiger charge is -2.35. The van der Waals surface area contributed by atoms with Crippen LogP contribution in [0.25, 0.3) is 16.2 Å². The Morgan fingerprint density at radius 3 is 2.90 bits per heavy atom. The van der Waals surface area contributed by atoms with Gasteiger partial charge < -0.3 is 4.90 Å². The fourth-order valence-corrected chi connectivity index (χ4v) is 5.08. The summed E-state index contributed by atoms with van der Waals surface area (Å²) < 4.78 is 3.91. The Bertz CT molecular complexity index is 1140. The largest absolute Gasteiger partial charge is 0.334 e. The minimum Gasteiger partial charge on any atom is -0.334 e. The zero-order valence-electron chi connectivity index (χ0n) is 17.1. The summed E-state index contributed by atoms with van der Waals surface area (Å²) >= 11 is 1.53. The number of nitrogens with zero attached hydrogens (tertiary/aromatic N) is 5. The number of hydrogen-bond acceptors (Lipinski definition) is 4. The van der Waals surface area contributed by atoms with Gasteiger partial charge in [0, 0.05) is 48.7 Å². The number of amides is 1. The Kier molecular flexibility index (Phi) is 5.12. The molecule has 154 valence electrons. The first-order chi connectivity index (χ1) is 14.7. The Labute approximate surface area is 179 Å². The summed E-state index contributed by atoms with van der Waals surface area (Å²) in [6, 6.07) is 10.5. The molecule has 4 heterocycles. The van der Waals surface area contributed by atoms with Crippen molar-refractivity contribution in [2.24, 2.45) is 0 Å². The lowest BCUT2D eigenvalue weighted by molar-refractivity contribution is 0.0587. The van der Waals surface area contributed by atoms with E-state index in [0.717, 1.165) is 48.6 Å². The van der Waals surface area contributed by atoms with Gasteiger partial charge in [-0.2, -0.15) is 5.10 Å². The van der Waals surface area contributed by atoms with Crippen LogP contribution in [0.3, 0.4) is 0 Å². The van der Waals surface area contributed by atoms with Crippen molar-refractivity contribution in [3.8, 4) is 11.3 Å². The molecule has 0 saturated carbocycles. The molecule has 1 aromatic carbocycles. The molecule has 1 amide bonds. The predicted octanol–water partition coefficient (Wildman–Crippen LogP) is 4.65. The fraction of sp³-hybridized carbons (Fsp3) is 0.348. The monoisotopic (exact) mass is 419 g/mol.